The van der Waals surface area contributed by atoms with Gasteiger partial charge in [-0.25, -0.2) is 13.1 Å². The number of aromatic nitrogens is 1. The molecule has 0 bridgehead atoms. The van der Waals surface area contributed by atoms with E-state index in [1.54, 1.807) is 6.07 Å². The largest absolute Gasteiger partial charge is 0.355 e. The number of nitrogens with two attached hydrogens (primary N) is 1. The molecule has 1 saturated carbocycles. The number of pyridine rings is 1. The second-order valence-electron chi connectivity index (χ2n) is 4.65. The highest BCUT2D eigenvalue weighted by molar-refractivity contribution is 7.89. The molecule has 0 aliphatic heterocycles. The maximum atomic E-state index is 11.9. The molecule has 1 aliphatic carbocycles. The van der Waals surface area contributed by atoms with Gasteiger partial charge in [-0.15, -0.1) is 0 Å². The van der Waals surface area contributed by atoms with Gasteiger partial charge in [-0.2, -0.15) is 0 Å². The van der Waals surface area contributed by atoms with Crippen LogP contribution in [0.1, 0.15) is 18.5 Å². The van der Waals surface area contributed by atoms with E-state index in [0.29, 0.717) is 5.69 Å². The van der Waals surface area contributed by atoms with Gasteiger partial charge in [0.1, 0.15) is 4.90 Å². The number of carbonyl (C=O) groups is 1. The molecule has 4 N–H and O–H groups in total. The van der Waals surface area contributed by atoms with Crippen LogP contribution in [0, 0.1) is 5.92 Å². The van der Waals surface area contributed by atoms with Crippen molar-refractivity contribution in [1.29, 1.82) is 0 Å². The predicted molar refractivity (Wildman–Crippen MR) is 73.1 cm³/mol. The molecular formula is C12H18N4O3S. The van der Waals surface area contributed by atoms with Gasteiger partial charge in [0.05, 0.1) is 5.69 Å². The Balaban J connectivity index is 1.81. The Morgan fingerprint density at radius 3 is 2.65 bits per heavy atom. The molecule has 0 radical (unpaired) electrons. The first-order valence-electron chi connectivity index (χ1n) is 6.45. The third-order valence-electron chi connectivity index (χ3n) is 2.98. The number of hydrogen-bond donors (Lipinski definition) is 3. The van der Waals surface area contributed by atoms with E-state index in [0.717, 1.165) is 12.8 Å². The quantitative estimate of drug-likeness (QED) is 0.578. The molecular weight excluding hydrogens is 280 g/mol. The SMILES string of the molecule is NCc1ccc(S(=O)(=O)NCCNC(=O)C2CC2)cn1. The molecule has 1 aromatic heterocycles. The molecule has 7 nitrogen and oxygen atoms in total. The van der Waals surface area contributed by atoms with Crippen LogP contribution < -0.4 is 15.8 Å². The topological polar surface area (TPSA) is 114 Å². The van der Waals surface area contributed by atoms with Crippen LogP contribution in [-0.2, 0) is 21.4 Å². The Morgan fingerprint density at radius 2 is 2.10 bits per heavy atom. The lowest BCUT2D eigenvalue weighted by atomic mass is 10.4. The summed E-state index contributed by atoms with van der Waals surface area (Å²) in [5, 5.41) is 2.69. The second-order valence-corrected chi connectivity index (χ2v) is 6.42. The van der Waals surface area contributed by atoms with E-state index in [1.807, 2.05) is 0 Å². The van der Waals surface area contributed by atoms with Crippen molar-refractivity contribution < 1.29 is 13.2 Å². The predicted octanol–water partition coefficient (Wildman–Crippen LogP) is -0.655. The van der Waals surface area contributed by atoms with E-state index in [4.69, 9.17) is 5.73 Å². The lowest BCUT2D eigenvalue weighted by Crippen LogP contribution is -2.35. The Kier molecular flexibility index (Phi) is 4.69. The van der Waals surface area contributed by atoms with Crippen LogP contribution in [0.5, 0.6) is 0 Å². The van der Waals surface area contributed by atoms with Gasteiger partial charge in [0.15, 0.2) is 0 Å². The molecule has 0 aromatic carbocycles. The minimum absolute atomic E-state index is 0.00170. The van der Waals surface area contributed by atoms with Crippen molar-refractivity contribution in [1.82, 2.24) is 15.0 Å². The summed E-state index contributed by atoms with van der Waals surface area (Å²) in [6.07, 6.45) is 3.13. The van der Waals surface area contributed by atoms with E-state index in [2.05, 4.69) is 15.0 Å². The zero-order valence-corrected chi connectivity index (χ0v) is 11.8. The maximum Gasteiger partial charge on any atom is 0.242 e. The summed E-state index contributed by atoms with van der Waals surface area (Å²) in [6.45, 7) is 0.698. The van der Waals surface area contributed by atoms with Crippen LogP contribution in [0.25, 0.3) is 0 Å². The average Bonchev–Trinajstić information content (AvgIpc) is 3.28. The standard InChI is InChI=1S/C12H18N4O3S/c13-7-10-3-4-11(8-15-10)20(18,19)16-6-5-14-12(17)9-1-2-9/h3-4,8-9,16H,1-2,5-7,13H2,(H,14,17). The molecule has 8 heteroatoms. The van der Waals surface area contributed by atoms with E-state index in [1.165, 1.54) is 12.3 Å². The molecule has 1 fully saturated rings. The number of carbonyl (C=O) groups excluding carboxylic acids is 1. The van der Waals surface area contributed by atoms with Gasteiger partial charge in [-0.1, -0.05) is 0 Å². The fourth-order valence-electron chi connectivity index (χ4n) is 1.63. The van der Waals surface area contributed by atoms with Gasteiger partial charge in [-0.3, -0.25) is 9.78 Å². The molecule has 20 heavy (non-hydrogen) atoms. The summed E-state index contributed by atoms with van der Waals surface area (Å²) in [7, 11) is -3.59. The fraction of sp³-hybridized carbons (Fsp3) is 0.500. The molecule has 0 saturated heterocycles. The van der Waals surface area contributed by atoms with Crippen molar-refractivity contribution >= 4 is 15.9 Å². The van der Waals surface area contributed by atoms with Gasteiger partial charge in [-0.05, 0) is 25.0 Å². The normalized spacial score (nSPS) is 15.1. The molecule has 0 unspecified atom stereocenters. The van der Waals surface area contributed by atoms with E-state index in [-0.39, 0.29) is 36.4 Å². The van der Waals surface area contributed by atoms with Crippen LogP contribution >= 0.6 is 0 Å². The van der Waals surface area contributed by atoms with Crippen LogP contribution in [-0.4, -0.2) is 32.4 Å². The Morgan fingerprint density at radius 1 is 1.35 bits per heavy atom. The smallest absolute Gasteiger partial charge is 0.242 e. The number of rotatable bonds is 7. The van der Waals surface area contributed by atoms with Crippen molar-refractivity contribution in [3.05, 3.63) is 24.0 Å². The first kappa shape index (κ1) is 14.9. The van der Waals surface area contributed by atoms with Crippen molar-refractivity contribution in [3.8, 4) is 0 Å². The lowest BCUT2D eigenvalue weighted by molar-refractivity contribution is -0.122. The van der Waals surface area contributed by atoms with Crippen molar-refractivity contribution in [2.24, 2.45) is 11.7 Å². The minimum atomic E-state index is -3.59. The van der Waals surface area contributed by atoms with Gasteiger partial charge < -0.3 is 11.1 Å². The molecule has 1 heterocycles. The Labute approximate surface area is 118 Å². The maximum absolute atomic E-state index is 11.9. The van der Waals surface area contributed by atoms with Gasteiger partial charge in [0, 0.05) is 31.7 Å². The molecule has 0 atom stereocenters. The summed E-state index contributed by atoms with van der Waals surface area (Å²) >= 11 is 0. The summed E-state index contributed by atoms with van der Waals surface area (Å²) < 4.78 is 26.3. The molecule has 2 rings (SSSR count). The monoisotopic (exact) mass is 298 g/mol. The summed E-state index contributed by atoms with van der Waals surface area (Å²) in [5.74, 6) is 0.123. The van der Waals surface area contributed by atoms with Crippen molar-refractivity contribution in [2.75, 3.05) is 13.1 Å². The van der Waals surface area contributed by atoms with Gasteiger partial charge in [0.2, 0.25) is 15.9 Å². The zero-order chi connectivity index (χ0) is 14.6. The Hall–Kier alpha value is -1.51. The van der Waals surface area contributed by atoms with Crippen LogP contribution in [0.15, 0.2) is 23.2 Å². The van der Waals surface area contributed by atoms with Gasteiger partial charge >= 0.3 is 0 Å². The molecule has 110 valence electrons. The molecule has 1 aliphatic rings. The molecule has 0 spiro atoms. The van der Waals surface area contributed by atoms with Gasteiger partial charge in [0.25, 0.3) is 0 Å². The van der Waals surface area contributed by atoms with E-state index in [9.17, 15) is 13.2 Å². The number of nitrogens with one attached hydrogen (secondary N) is 2. The fourth-order valence-corrected chi connectivity index (χ4v) is 2.61. The highest BCUT2D eigenvalue weighted by atomic mass is 32.2. The third-order valence-corrected chi connectivity index (χ3v) is 4.43. The van der Waals surface area contributed by atoms with Crippen molar-refractivity contribution in [2.45, 2.75) is 24.3 Å². The average molecular weight is 298 g/mol. The number of amides is 1. The first-order chi connectivity index (χ1) is 9.53. The summed E-state index contributed by atoms with van der Waals surface area (Å²) in [5.41, 5.74) is 6.02. The van der Waals surface area contributed by atoms with E-state index < -0.39 is 10.0 Å². The number of sulfonamides is 1. The number of nitrogens with zero attached hydrogens (tertiary/aromatic N) is 1. The zero-order valence-electron chi connectivity index (χ0n) is 11.0. The van der Waals surface area contributed by atoms with Crippen LogP contribution in [0.2, 0.25) is 0 Å². The second kappa shape index (κ2) is 6.29. The highest BCUT2D eigenvalue weighted by Gasteiger charge is 2.29. The highest BCUT2D eigenvalue weighted by Crippen LogP contribution is 2.28. The van der Waals surface area contributed by atoms with Crippen molar-refractivity contribution in [3.63, 3.8) is 0 Å². The minimum Gasteiger partial charge on any atom is -0.355 e. The number of hydrogen-bond acceptors (Lipinski definition) is 5. The summed E-state index contributed by atoms with van der Waals surface area (Å²) in [6, 6.07) is 3.03. The lowest BCUT2D eigenvalue weighted by Gasteiger charge is -2.08. The third kappa shape index (κ3) is 3.99. The summed E-state index contributed by atoms with van der Waals surface area (Å²) in [4.78, 5) is 15.4. The van der Waals surface area contributed by atoms with Crippen LogP contribution in [0.3, 0.4) is 0 Å². The first-order valence-corrected chi connectivity index (χ1v) is 7.93. The van der Waals surface area contributed by atoms with Crippen LogP contribution in [0.4, 0.5) is 0 Å². The molecule has 1 amide bonds. The van der Waals surface area contributed by atoms with E-state index >= 15 is 0 Å². The molecule has 1 aromatic rings. The Bertz CT molecular complexity index is 567.